The summed E-state index contributed by atoms with van der Waals surface area (Å²) in [7, 11) is -4.16. The van der Waals surface area contributed by atoms with E-state index in [0.29, 0.717) is 22.7 Å². The van der Waals surface area contributed by atoms with Crippen molar-refractivity contribution in [1.29, 1.82) is 0 Å². The number of oxazole rings is 1. The summed E-state index contributed by atoms with van der Waals surface area (Å²) in [6, 6.07) is 11.1. The molecule has 0 radical (unpaired) electrons. The molecule has 1 aromatic heterocycles. The van der Waals surface area contributed by atoms with Crippen LogP contribution >= 0.6 is 0 Å². The second-order valence-electron chi connectivity index (χ2n) is 7.63. The molecule has 0 aliphatic carbocycles. The number of rotatable bonds is 10. The molecule has 1 heterocycles. The van der Waals surface area contributed by atoms with Crippen molar-refractivity contribution >= 4 is 21.2 Å². The van der Waals surface area contributed by atoms with Gasteiger partial charge in [0.25, 0.3) is 10.1 Å². The number of hydrogen-bond acceptors (Lipinski definition) is 7. The highest BCUT2D eigenvalue weighted by molar-refractivity contribution is 7.86. The quantitative estimate of drug-likeness (QED) is 0.335. The summed E-state index contributed by atoms with van der Waals surface area (Å²) in [5, 5.41) is 0. The Balaban J connectivity index is 1.66. The van der Waals surface area contributed by atoms with Gasteiger partial charge >= 0.3 is 0 Å². The predicted octanol–water partition coefficient (Wildman–Crippen LogP) is 4.96. The van der Waals surface area contributed by atoms with Crippen molar-refractivity contribution in [1.82, 2.24) is 4.98 Å². The van der Waals surface area contributed by atoms with Gasteiger partial charge in [-0.15, -0.1) is 0 Å². The molecule has 0 saturated carbocycles. The van der Waals surface area contributed by atoms with Crippen LogP contribution in [0, 0.1) is 6.92 Å². The van der Waals surface area contributed by atoms with Crippen LogP contribution in [0.15, 0.2) is 63.7 Å². The van der Waals surface area contributed by atoms with Gasteiger partial charge in [-0.25, -0.2) is 13.6 Å². The number of hydrogen-bond donors (Lipinski definition) is 1. The molecular weight excluding hydrogens is 435 g/mol. The molecule has 2 unspecified atom stereocenters. The number of aromatic nitrogens is 1. The molecular formula is C23H27FN2O5S. The van der Waals surface area contributed by atoms with E-state index in [1.165, 1.54) is 12.1 Å². The summed E-state index contributed by atoms with van der Waals surface area (Å²) < 4.78 is 54.6. The van der Waals surface area contributed by atoms with Crippen LogP contribution in [0.1, 0.15) is 44.1 Å². The molecule has 172 valence electrons. The molecule has 0 amide bonds. The summed E-state index contributed by atoms with van der Waals surface area (Å²) in [5.74, 6) is 1.25. The van der Waals surface area contributed by atoms with E-state index in [9.17, 15) is 12.8 Å². The minimum atomic E-state index is -4.16. The molecule has 9 heteroatoms. The predicted molar refractivity (Wildman–Crippen MR) is 119 cm³/mol. The minimum absolute atomic E-state index is 0.0680. The number of fused-ring (bicyclic) bond motifs is 1. The zero-order valence-corrected chi connectivity index (χ0v) is 19.1. The summed E-state index contributed by atoms with van der Waals surface area (Å²) in [5.41, 5.74) is 7.75. The molecule has 32 heavy (non-hydrogen) atoms. The van der Waals surface area contributed by atoms with E-state index in [1.54, 1.807) is 30.3 Å². The van der Waals surface area contributed by atoms with Crippen LogP contribution in [0.5, 0.6) is 5.75 Å². The van der Waals surface area contributed by atoms with Gasteiger partial charge in [-0.1, -0.05) is 38.0 Å². The van der Waals surface area contributed by atoms with Crippen molar-refractivity contribution in [2.45, 2.75) is 50.7 Å². The third-order valence-electron chi connectivity index (χ3n) is 4.97. The van der Waals surface area contributed by atoms with Crippen molar-refractivity contribution in [2.24, 2.45) is 5.73 Å². The molecule has 0 spiro atoms. The first-order valence-corrected chi connectivity index (χ1v) is 11.7. The van der Waals surface area contributed by atoms with Crippen LogP contribution < -0.4 is 10.5 Å². The first-order valence-electron chi connectivity index (χ1n) is 10.3. The van der Waals surface area contributed by atoms with Gasteiger partial charge < -0.3 is 14.9 Å². The molecule has 0 aliphatic heterocycles. The average Bonchev–Trinajstić information content (AvgIpc) is 3.18. The zero-order chi connectivity index (χ0) is 23.3. The second kappa shape index (κ2) is 10.2. The maximum Gasteiger partial charge on any atom is 0.298 e. The van der Waals surface area contributed by atoms with Gasteiger partial charge in [-0.2, -0.15) is 8.42 Å². The van der Waals surface area contributed by atoms with E-state index in [-0.39, 0.29) is 29.3 Å². The molecule has 0 aliphatic rings. The summed E-state index contributed by atoms with van der Waals surface area (Å²) in [6.07, 6.45) is 0.632. The Morgan fingerprint density at radius 3 is 2.62 bits per heavy atom. The Morgan fingerprint density at radius 2 is 1.97 bits per heavy atom. The summed E-state index contributed by atoms with van der Waals surface area (Å²) >= 11 is 0. The molecule has 0 saturated heterocycles. The van der Waals surface area contributed by atoms with E-state index >= 15 is 0 Å². The fourth-order valence-corrected chi connectivity index (χ4v) is 4.06. The maximum atomic E-state index is 13.4. The normalized spacial score (nSPS) is 14.5. The number of halogens is 1. The number of ether oxygens (including phenoxy) is 1. The Labute approximate surface area is 187 Å². The van der Waals surface area contributed by atoms with Gasteiger partial charge in [-0.05, 0) is 37.6 Å². The average molecular weight is 463 g/mol. The van der Waals surface area contributed by atoms with Crippen LogP contribution in [0.3, 0.4) is 0 Å². The summed E-state index contributed by atoms with van der Waals surface area (Å²) in [6.45, 7) is 5.67. The number of nitrogens with zero attached hydrogens (tertiary/aromatic N) is 1. The van der Waals surface area contributed by atoms with E-state index in [1.807, 2.05) is 6.92 Å². The summed E-state index contributed by atoms with van der Waals surface area (Å²) in [4.78, 5) is 4.42. The molecule has 2 N–H and O–H groups in total. The maximum absolute atomic E-state index is 13.4. The lowest BCUT2D eigenvalue weighted by atomic mass is 10.1. The van der Waals surface area contributed by atoms with Gasteiger partial charge in [0.1, 0.15) is 17.9 Å². The Morgan fingerprint density at radius 1 is 1.25 bits per heavy atom. The van der Waals surface area contributed by atoms with Crippen LogP contribution in [0.4, 0.5) is 4.39 Å². The van der Waals surface area contributed by atoms with Crippen LogP contribution in [-0.4, -0.2) is 26.2 Å². The lowest BCUT2D eigenvalue weighted by Gasteiger charge is -2.16. The molecule has 3 rings (SSSR count). The Hall–Kier alpha value is -2.75. The smallest absolute Gasteiger partial charge is 0.298 e. The van der Waals surface area contributed by atoms with Crippen molar-refractivity contribution in [3.05, 3.63) is 65.8 Å². The van der Waals surface area contributed by atoms with Crippen LogP contribution in [-0.2, 0) is 14.3 Å². The van der Waals surface area contributed by atoms with Gasteiger partial charge in [0.15, 0.2) is 17.7 Å². The lowest BCUT2D eigenvalue weighted by molar-refractivity contribution is 0.224. The fourth-order valence-electron chi connectivity index (χ4n) is 3.08. The third-order valence-corrected chi connectivity index (χ3v) is 6.28. The Kier molecular flexibility index (Phi) is 7.65. The number of benzene rings is 2. The lowest BCUT2D eigenvalue weighted by Crippen LogP contribution is -2.31. The first-order chi connectivity index (χ1) is 15.2. The van der Waals surface area contributed by atoms with Gasteiger partial charge in [0.2, 0.25) is 0 Å². The SMILES string of the molecule is CCCC(C)c1nc2ccc(OC/C(=C\F)C(N)OS(=O)(=O)c3ccc(C)cc3)cc2o1. The molecule has 0 bridgehead atoms. The molecule has 2 atom stereocenters. The molecule has 2 aromatic carbocycles. The molecule has 3 aromatic rings. The largest absolute Gasteiger partial charge is 0.489 e. The van der Waals surface area contributed by atoms with Crippen LogP contribution in [0.25, 0.3) is 11.1 Å². The second-order valence-corrected chi connectivity index (χ2v) is 9.20. The highest BCUT2D eigenvalue weighted by Gasteiger charge is 2.23. The van der Waals surface area contributed by atoms with E-state index in [0.717, 1.165) is 18.4 Å². The first kappa shape index (κ1) is 23.9. The van der Waals surface area contributed by atoms with Gasteiger partial charge in [-0.3, -0.25) is 0 Å². The molecule has 7 nitrogen and oxygen atoms in total. The van der Waals surface area contributed by atoms with Crippen molar-refractivity contribution in [3.8, 4) is 5.75 Å². The fraction of sp³-hybridized carbons (Fsp3) is 0.348. The minimum Gasteiger partial charge on any atom is -0.489 e. The van der Waals surface area contributed by atoms with Gasteiger partial charge in [0, 0.05) is 17.6 Å². The molecule has 0 fully saturated rings. The van der Waals surface area contributed by atoms with E-state index < -0.39 is 16.3 Å². The monoisotopic (exact) mass is 462 g/mol. The van der Waals surface area contributed by atoms with Gasteiger partial charge in [0.05, 0.1) is 11.2 Å². The number of nitrogens with two attached hydrogens (primary N) is 1. The van der Waals surface area contributed by atoms with Crippen molar-refractivity contribution in [2.75, 3.05) is 6.61 Å². The van der Waals surface area contributed by atoms with E-state index in [2.05, 4.69) is 18.8 Å². The highest BCUT2D eigenvalue weighted by atomic mass is 32.2. The third kappa shape index (κ3) is 5.73. The van der Waals surface area contributed by atoms with Crippen LogP contribution in [0.2, 0.25) is 0 Å². The number of aryl methyl sites for hydroxylation is 1. The van der Waals surface area contributed by atoms with Crippen molar-refractivity contribution in [3.63, 3.8) is 0 Å². The van der Waals surface area contributed by atoms with Crippen molar-refractivity contribution < 1.29 is 26.1 Å². The standard InChI is InChI=1S/C23H27FN2O5S/c1-4-5-16(3)23-26-20-11-8-18(12-21(20)30-23)29-14-17(13-24)22(25)31-32(27,28)19-9-6-15(2)7-10-19/h6-13,16,22H,4-5,14,25H2,1-3H3/b17-13+. The van der Waals surface area contributed by atoms with E-state index in [4.69, 9.17) is 19.1 Å². The highest BCUT2D eigenvalue weighted by Crippen LogP contribution is 2.27. The zero-order valence-electron chi connectivity index (χ0n) is 18.2. The topological polar surface area (TPSA) is 105 Å². The Bertz CT molecular complexity index is 1190.